The number of pyridine rings is 1. The molecule has 0 aliphatic heterocycles. The number of alkyl halides is 1. The van der Waals surface area contributed by atoms with Crippen LogP contribution in [-0.2, 0) is 0 Å². The quantitative estimate of drug-likeness (QED) is 0.640. The van der Waals surface area contributed by atoms with E-state index in [4.69, 9.17) is 11.6 Å². The van der Waals surface area contributed by atoms with Gasteiger partial charge in [-0.2, -0.15) is 0 Å². The van der Waals surface area contributed by atoms with Crippen molar-refractivity contribution in [3.8, 4) is 0 Å². The summed E-state index contributed by atoms with van der Waals surface area (Å²) in [4.78, 5) is 4.48. The van der Waals surface area contributed by atoms with E-state index in [1.54, 1.807) is 11.3 Å². The van der Waals surface area contributed by atoms with E-state index in [-0.39, 0.29) is 5.38 Å². The number of aromatic nitrogens is 1. The van der Waals surface area contributed by atoms with Gasteiger partial charge in [-0.3, -0.25) is 0 Å². The third-order valence-electron chi connectivity index (χ3n) is 3.63. The van der Waals surface area contributed by atoms with Crippen molar-refractivity contribution >= 4 is 38.8 Å². The van der Waals surface area contributed by atoms with Crippen molar-refractivity contribution in [2.75, 3.05) is 5.32 Å². The molecule has 18 heavy (non-hydrogen) atoms. The highest BCUT2D eigenvalue weighted by Crippen LogP contribution is 2.29. The highest BCUT2D eigenvalue weighted by molar-refractivity contribution is 7.17. The minimum absolute atomic E-state index is 0.225. The average Bonchev–Trinajstić information content (AvgIpc) is 2.77. The number of nitrogens with one attached hydrogen (secondary N) is 1. The third kappa shape index (κ3) is 2.47. The van der Waals surface area contributed by atoms with Crippen LogP contribution in [0.3, 0.4) is 0 Å². The Kier molecular flexibility index (Phi) is 3.71. The Morgan fingerprint density at radius 3 is 3.06 bits per heavy atom. The summed E-state index contributed by atoms with van der Waals surface area (Å²) >= 11 is 8.23. The molecule has 4 heteroatoms. The van der Waals surface area contributed by atoms with Crippen molar-refractivity contribution in [2.24, 2.45) is 0 Å². The molecule has 0 radical (unpaired) electrons. The molecule has 0 spiro atoms. The summed E-state index contributed by atoms with van der Waals surface area (Å²) in [5.74, 6) is 0.992. The molecule has 0 bridgehead atoms. The third-order valence-corrected chi connectivity index (χ3v) is 5.04. The van der Waals surface area contributed by atoms with Crippen LogP contribution in [-0.4, -0.2) is 16.4 Å². The topological polar surface area (TPSA) is 24.9 Å². The van der Waals surface area contributed by atoms with Crippen LogP contribution in [0, 0.1) is 0 Å². The molecule has 2 atom stereocenters. The smallest absolute Gasteiger partial charge is 0.134 e. The van der Waals surface area contributed by atoms with E-state index in [0.29, 0.717) is 6.04 Å². The maximum Gasteiger partial charge on any atom is 0.134 e. The monoisotopic (exact) mass is 280 g/mol. The molecule has 3 rings (SSSR count). The SMILES string of the molecule is ClC1CCCCCC1Nc1nccc2sccc12. The molecule has 0 saturated heterocycles. The van der Waals surface area contributed by atoms with Gasteiger partial charge in [-0.1, -0.05) is 19.3 Å². The summed E-state index contributed by atoms with van der Waals surface area (Å²) in [7, 11) is 0. The molecular weight excluding hydrogens is 264 g/mol. The van der Waals surface area contributed by atoms with Crippen LogP contribution in [0.2, 0.25) is 0 Å². The molecule has 2 unspecified atom stereocenters. The average molecular weight is 281 g/mol. The van der Waals surface area contributed by atoms with Gasteiger partial charge in [0.05, 0.1) is 5.38 Å². The van der Waals surface area contributed by atoms with Gasteiger partial charge in [0.25, 0.3) is 0 Å². The van der Waals surface area contributed by atoms with E-state index in [0.717, 1.165) is 18.7 Å². The largest absolute Gasteiger partial charge is 0.365 e. The molecule has 1 saturated carbocycles. The second-order valence-corrected chi connectivity index (χ2v) is 6.41. The van der Waals surface area contributed by atoms with E-state index in [1.165, 1.54) is 29.3 Å². The highest BCUT2D eigenvalue weighted by atomic mass is 35.5. The van der Waals surface area contributed by atoms with Gasteiger partial charge in [0.2, 0.25) is 0 Å². The van der Waals surface area contributed by atoms with Crippen LogP contribution >= 0.6 is 22.9 Å². The van der Waals surface area contributed by atoms with Crippen LogP contribution in [0.1, 0.15) is 32.1 Å². The van der Waals surface area contributed by atoms with Gasteiger partial charge in [-0.15, -0.1) is 22.9 Å². The van der Waals surface area contributed by atoms with Crippen LogP contribution in [0.5, 0.6) is 0 Å². The van der Waals surface area contributed by atoms with Crippen molar-refractivity contribution in [3.63, 3.8) is 0 Å². The van der Waals surface area contributed by atoms with E-state index >= 15 is 0 Å². The summed E-state index contributed by atoms with van der Waals surface area (Å²) in [5.41, 5.74) is 0. The van der Waals surface area contributed by atoms with Crippen molar-refractivity contribution in [3.05, 3.63) is 23.7 Å². The molecule has 1 fully saturated rings. The zero-order chi connectivity index (χ0) is 12.4. The first-order valence-electron chi connectivity index (χ1n) is 6.57. The molecule has 0 aromatic carbocycles. The van der Waals surface area contributed by atoms with Gasteiger partial charge in [0.15, 0.2) is 0 Å². The fraction of sp³-hybridized carbons (Fsp3) is 0.500. The lowest BCUT2D eigenvalue weighted by atomic mass is 10.1. The van der Waals surface area contributed by atoms with Crippen LogP contribution in [0.4, 0.5) is 5.82 Å². The number of nitrogens with zero attached hydrogens (tertiary/aromatic N) is 1. The summed E-state index contributed by atoms with van der Waals surface area (Å²) in [6.45, 7) is 0. The lowest BCUT2D eigenvalue weighted by Crippen LogP contribution is -2.29. The summed E-state index contributed by atoms with van der Waals surface area (Å²) in [6.07, 6.45) is 7.96. The number of hydrogen-bond donors (Lipinski definition) is 1. The number of thiophene rings is 1. The Bertz CT molecular complexity index is 525. The fourth-order valence-electron chi connectivity index (χ4n) is 2.61. The summed E-state index contributed by atoms with van der Waals surface area (Å²) in [6, 6.07) is 4.55. The molecule has 96 valence electrons. The molecule has 2 nitrogen and oxygen atoms in total. The predicted octanol–water partition coefficient (Wildman–Crippen LogP) is 4.65. The number of fused-ring (bicyclic) bond motifs is 1. The van der Waals surface area contributed by atoms with Gasteiger partial charge in [0.1, 0.15) is 5.82 Å². The molecular formula is C14H17ClN2S. The maximum absolute atomic E-state index is 6.47. The van der Waals surface area contributed by atoms with Crippen LogP contribution < -0.4 is 5.32 Å². The number of rotatable bonds is 2. The van der Waals surface area contributed by atoms with Crippen molar-refractivity contribution in [2.45, 2.75) is 43.5 Å². The zero-order valence-corrected chi connectivity index (χ0v) is 11.8. The summed E-state index contributed by atoms with van der Waals surface area (Å²) in [5, 5.41) is 7.12. The Balaban J connectivity index is 1.84. The Morgan fingerprint density at radius 1 is 1.22 bits per heavy atom. The van der Waals surface area contributed by atoms with E-state index in [2.05, 4.69) is 27.8 Å². The Labute approximate surface area is 116 Å². The summed E-state index contributed by atoms with van der Waals surface area (Å²) < 4.78 is 1.28. The Hall–Kier alpha value is -0.800. The Morgan fingerprint density at radius 2 is 2.11 bits per heavy atom. The van der Waals surface area contributed by atoms with Crippen molar-refractivity contribution in [1.29, 1.82) is 0 Å². The van der Waals surface area contributed by atoms with Crippen molar-refractivity contribution < 1.29 is 0 Å². The fourth-order valence-corrected chi connectivity index (χ4v) is 3.74. The van der Waals surface area contributed by atoms with Gasteiger partial charge in [-0.25, -0.2) is 4.98 Å². The first kappa shape index (κ1) is 12.2. The lowest BCUT2D eigenvalue weighted by molar-refractivity contribution is 0.625. The minimum atomic E-state index is 0.225. The zero-order valence-electron chi connectivity index (χ0n) is 10.2. The van der Waals surface area contributed by atoms with Crippen LogP contribution in [0.25, 0.3) is 10.1 Å². The first-order chi connectivity index (χ1) is 8.84. The number of halogens is 1. The number of hydrogen-bond acceptors (Lipinski definition) is 3. The second kappa shape index (κ2) is 5.45. The minimum Gasteiger partial charge on any atom is -0.365 e. The van der Waals surface area contributed by atoms with E-state index in [1.807, 2.05) is 6.20 Å². The second-order valence-electron chi connectivity index (χ2n) is 4.90. The van der Waals surface area contributed by atoms with Gasteiger partial charge in [-0.05, 0) is 30.4 Å². The van der Waals surface area contributed by atoms with Crippen LogP contribution in [0.15, 0.2) is 23.7 Å². The van der Waals surface area contributed by atoms with E-state index in [9.17, 15) is 0 Å². The molecule has 2 heterocycles. The molecule has 0 amide bonds. The molecule has 2 aromatic rings. The first-order valence-corrected chi connectivity index (χ1v) is 7.89. The number of anilines is 1. The molecule has 1 aliphatic carbocycles. The molecule has 1 N–H and O–H groups in total. The normalized spacial score (nSPS) is 24.9. The maximum atomic E-state index is 6.47. The van der Waals surface area contributed by atoms with E-state index < -0.39 is 0 Å². The van der Waals surface area contributed by atoms with Gasteiger partial charge in [0, 0.05) is 22.3 Å². The highest BCUT2D eigenvalue weighted by Gasteiger charge is 2.22. The lowest BCUT2D eigenvalue weighted by Gasteiger charge is -2.22. The molecule has 2 aromatic heterocycles. The standard InChI is InChI=1S/C14H17ClN2S/c15-11-4-2-1-3-5-12(11)17-14-10-7-9-18-13(10)6-8-16-14/h6-9,11-12H,1-5H2,(H,16,17). The van der Waals surface area contributed by atoms with Gasteiger partial charge >= 0.3 is 0 Å². The van der Waals surface area contributed by atoms with Crippen molar-refractivity contribution in [1.82, 2.24) is 4.98 Å². The predicted molar refractivity (Wildman–Crippen MR) is 79.8 cm³/mol. The van der Waals surface area contributed by atoms with Gasteiger partial charge < -0.3 is 5.32 Å². The molecule has 1 aliphatic rings.